The lowest BCUT2D eigenvalue weighted by atomic mass is 10.0. The summed E-state index contributed by atoms with van der Waals surface area (Å²) in [7, 11) is 0. The second kappa shape index (κ2) is 10.8. The second-order valence-corrected chi connectivity index (χ2v) is 7.72. The Bertz CT molecular complexity index is 685. The molecule has 150 valence electrons. The fourth-order valence-corrected chi connectivity index (χ4v) is 4.00. The Balaban J connectivity index is 1.35. The Hall–Kier alpha value is -1.46. The van der Waals surface area contributed by atoms with E-state index < -0.39 is 0 Å². The summed E-state index contributed by atoms with van der Waals surface area (Å²) in [5.74, 6) is 1.04. The number of imidazole rings is 1. The van der Waals surface area contributed by atoms with Crippen molar-refractivity contribution in [1.29, 1.82) is 0 Å². The molecule has 0 amide bonds. The van der Waals surface area contributed by atoms with Crippen molar-refractivity contribution in [2.24, 2.45) is 0 Å². The Morgan fingerprint density at radius 1 is 1.19 bits per heavy atom. The van der Waals surface area contributed by atoms with Crippen LogP contribution in [-0.4, -0.2) is 33.5 Å². The van der Waals surface area contributed by atoms with E-state index >= 15 is 0 Å². The molecular formula is C22H35N3O2. The van der Waals surface area contributed by atoms with Crippen LogP contribution in [0.1, 0.15) is 77.0 Å². The maximum absolute atomic E-state index is 6.17. The fourth-order valence-electron chi connectivity index (χ4n) is 4.00. The lowest BCUT2D eigenvalue weighted by Gasteiger charge is -2.30. The van der Waals surface area contributed by atoms with Crippen LogP contribution >= 0.6 is 0 Å². The molecule has 1 saturated heterocycles. The van der Waals surface area contributed by atoms with E-state index in [0.29, 0.717) is 6.10 Å². The van der Waals surface area contributed by atoms with Crippen LogP contribution in [0.4, 0.5) is 0 Å². The number of ether oxygens (including phenoxy) is 2. The van der Waals surface area contributed by atoms with Gasteiger partial charge < -0.3 is 14.0 Å². The highest BCUT2D eigenvalue weighted by Gasteiger charge is 2.22. The molecule has 1 aliphatic rings. The molecule has 0 radical (unpaired) electrons. The average Bonchev–Trinajstić information content (AvgIpc) is 3.01. The molecule has 0 bridgehead atoms. The Morgan fingerprint density at radius 2 is 2.07 bits per heavy atom. The highest BCUT2D eigenvalue weighted by Crippen LogP contribution is 2.24. The zero-order valence-corrected chi connectivity index (χ0v) is 17.0. The number of unbranched alkanes of at least 4 members (excludes halogenated alkanes) is 4. The summed E-state index contributed by atoms with van der Waals surface area (Å²) < 4.78 is 14.5. The third kappa shape index (κ3) is 6.01. The first-order chi connectivity index (χ1) is 13.3. The van der Waals surface area contributed by atoms with Crippen molar-refractivity contribution < 1.29 is 9.47 Å². The number of aryl methyl sites for hydroxylation is 2. The maximum atomic E-state index is 6.17. The molecule has 3 heterocycles. The van der Waals surface area contributed by atoms with E-state index in [2.05, 4.69) is 28.4 Å². The molecule has 2 atom stereocenters. The minimum Gasteiger partial charge on any atom is -0.353 e. The Kier molecular flexibility index (Phi) is 8.09. The minimum absolute atomic E-state index is 0.00998. The number of hydrogen-bond acceptors (Lipinski definition) is 4. The highest BCUT2D eigenvalue weighted by atomic mass is 16.7. The Labute approximate surface area is 163 Å². The quantitative estimate of drug-likeness (QED) is 0.495. The normalized spacial score (nSPS) is 20.4. The summed E-state index contributed by atoms with van der Waals surface area (Å²) in [6.45, 7) is 5.97. The topological polar surface area (TPSA) is 49.2 Å². The smallest absolute Gasteiger partial charge is 0.157 e. The van der Waals surface area contributed by atoms with Gasteiger partial charge in [0.15, 0.2) is 6.29 Å². The number of rotatable bonds is 11. The molecule has 0 aliphatic carbocycles. The van der Waals surface area contributed by atoms with Gasteiger partial charge in [-0.05, 0) is 45.1 Å². The van der Waals surface area contributed by atoms with Crippen LogP contribution in [0.3, 0.4) is 0 Å². The van der Waals surface area contributed by atoms with E-state index in [-0.39, 0.29) is 6.29 Å². The molecular weight excluding hydrogens is 338 g/mol. The van der Waals surface area contributed by atoms with Crippen LogP contribution < -0.4 is 0 Å². The SMILES string of the molecule is CCCCCCCC1CCCC(OCCCn2c(C)nc3cnccc32)O1. The summed E-state index contributed by atoms with van der Waals surface area (Å²) in [5.41, 5.74) is 2.12. The first kappa shape index (κ1) is 20.3. The first-order valence-electron chi connectivity index (χ1n) is 10.8. The maximum Gasteiger partial charge on any atom is 0.157 e. The zero-order chi connectivity index (χ0) is 18.9. The predicted molar refractivity (Wildman–Crippen MR) is 109 cm³/mol. The van der Waals surface area contributed by atoms with Crippen LogP contribution in [0.15, 0.2) is 18.5 Å². The average molecular weight is 374 g/mol. The van der Waals surface area contributed by atoms with E-state index in [9.17, 15) is 0 Å². The standard InChI is InChI=1S/C22H35N3O2/c1-3-4-5-6-7-10-19-11-8-12-22(27-19)26-16-9-15-25-18(2)24-20-17-23-14-13-21(20)25/h13-14,17,19,22H,3-12,15-16H2,1-2H3. The van der Waals surface area contributed by atoms with Crippen LogP contribution in [0, 0.1) is 6.92 Å². The Morgan fingerprint density at radius 3 is 2.96 bits per heavy atom. The summed E-state index contributed by atoms with van der Waals surface area (Å²) >= 11 is 0. The molecule has 1 fully saturated rings. The summed E-state index contributed by atoms with van der Waals surface area (Å²) in [6, 6.07) is 2.03. The molecule has 27 heavy (non-hydrogen) atoms. The second-order valence-electron chi connectivity index (χ2n) is 7.72. The minimum atomic E-state index is -0.00998. The van der Waals surface area contributed by atoms with Crippen LogP contribution in [0.2, 0.25) is 0 Å². The lowest BCUT2D eigenvalue weighted by Crippen LogP contribution is -2.30. The van der Waals surface area contributed by atoms with Crippen LogP contribution in [0.5, 0.6) is 0 Å². The molecule has 0 spiro atoms. The molecule has 0 saturated carbocycles. The summed E-state index contributed by atoms with van der Waals surface area (Å²) in [4.78, 5) is 8.72. The van der Waals surface area contributed by atoms with Crippen molar-refractivity contribution in [3.05, 3.63) is 24.3 Å². The molecule has 5 heteroatoms. The van der Waals surface area contributed by atoms with Gasteiger partial charge in [-0.2, -0.15) is 0 Å². The van der Waals surface area contributed by atoms with Gasteiger partial charge in [-0.15, -0.1) is 0 Å². The van der Waals surface area contributed by atoms with E-state index in [4.69, 9.17) is 9.47 Å². The third-order valence-electron chi connectivity index (χ3n) is 5.51. The van der Waals surface area contributed by atoms with Gasteiger partial charge in [0, 0.05) is 12.7 Å². The molecule has 2 aromatic rings. The van der Waals surface area contributed by atoms with E-state index in [0.717, 1.165) is 42.9 Å². The van der Waals surface area contributed by atoms with Gasteiger partial charge >= 0.3 is 0 Å². The van der Waals surface area contributed by atoms with E-state index in [1.165, 1.54) is 51.4 Å². The van der Waals surface area contributed by atoms with Crippen molar-refractivity contribution in [3.63, 3.8) is 0 Å². The van der Waals surface area contributed by atoms with Crippen LogP contribution in [-0.2, 0) is 16.0 Å². The molecule has 2 aromatic heterocycles. The van der Waals surface area contributed by atoms with Gasteiger partial charge in [-0.25, -0.2) is 4.98 Å². The first-order valence-corrected chi connectivity index (χ1v) is 10.8. The highest BCUT2D eigenvalue weighted by molar-refractivity contribution is 5.74. The lowest BCUT2D eigenvalue weighted by molar-refractivity contribution is -0.195. The van der Waals surface area contributed by atoms with Crippen molar-refractivity contribution in [2.75, 3.05) is 6.61 Å². The van der Waals surface area contributed by atoms with E-state index in [1.807, 2.05) is 18.5 Å². The van der Waals surface area contributed by atoms with Crippen molar-refractivity contribution in [2.45, 2.75) is 97.0 Å². The largest absolute Gasteiger partial charge is 0.353 e. The summed E-state index contributed by atoms with van der Waals surface area (Å²) in [6.07, 6.45) is 16.3. The molecule has 0 aromatic carbocycles. The number of nitrogens with zero attached hydrogens (tertiary/aromatic N) is 3. The number of fused-ring (bicyclic) bond motifs is 1. The number of aromatic nitrogens is 3. The zero-order valence-electron chi connectivity index (χ0n) is 17.0. The molecule has 2 unspecified atom stereocenters. The molecule has 3 rings (SSSR count). The van der Waals surface area contributed by atoms with Crippen molar-refractivity contribution in [1.82, 2.24) is 14.5 Å². The molecule has 5 nitrogen and oxygen atoms in total. The van der Waals surface area contributed by atoms with Gasteiger partial charge in [0.25, 0.3) is 0 Å². The van der Waals surface area contributed by atoms with Gasteiger partial charge in [0.1, 0.15) is 11.3 Å². The third-order valence-corrected chi connectivity index (χ3v) is 5.51. The van der Waals surface area contributed by atoms with E-state index in [1.54, 1.807) is 0 Å². The van der Waals surface area contributed by atoms with Gasteiger partial charge in [-0.1, -0.05) is 39.0 Å². The van der Waals surface area contributed by atoms with Gasteiger partial charge in [-0.3, -0.25) is 4.98 Å². The van der Waals surface area contributed by atoms with Crippen LogP contribution in [0.25, 0.3) is 11.0 Å². The van der Waals surface area contributed by atoms with Crippen molar-refractivity contribution >= 4 is 11.0 Å². The monoisotopic (exact) mass is 373 g/mol. The fraction of sp³-hybridized carbons (Fsp3) is 0.727. The van der Waals surface area contributed by atoms with Crippen molar-refractivity contribution in [3.8, 4) is 0 Å². The number of hydrogen-bond donors (Lipinski definition) is 0. The van der Waals surface area contributed by atoms with Gasteiger partial charge in [0.05, 0.1) is 24.4 Å². The summed E-state index contributed by atoms with van der Waals surface area (Å²) in [5, 5.41) is 0. The predicted octanol–water partition coefficient (Wildman–Crippen LogP) is 5.40. The van der Waals surface area contributed by atoms with Gasteiger partial charge in [0.2, 0.25) is 0 Å². The molecule has 0 N–H and O–H groups in total. The number of pyridine rings is 1. The molecule has 1 aliphatic heterocycles.